The average molecular weight is 328 g/mol. The third kappa shape index (κ3) is 4.01. The van der Waals surface area contributed by atoms with Gasteiger partial charge in [0.25, 0.3) is 0 Å². The summed E-state index contributed by atoms with van der Waals surface area (Å²) in [5, 5.41) is 0. The van der Waals surface area contributed by atoms with Gasteiger partial charge in [0.05, 0.1) is 5.56 Å². The SMILES string of the molecule is FC(F)(F)c1ccccc1CCCCI. The smallest absolute Gasteiger partial charge is 0.166 e. The van der Waals surface area contributed by atoms with E-state index in [1.54, 1.807) is 12.1 Å². The highest BCUT2D eigenvalue weighted by molar-refractivity contribution is 14.1. The quantitative estimate of drug-likeness (QED) is 0.435. The van der Waals surface area contributed by atoms with Gasteiger partial charge in [0.1, 0.15) is 0 Å². The number of hydrogen-bond acceptors (Lipinski definition) is 0. The molecule has 0 radical (unpaired) electrons. The fourth-order valence-electron chi connectivity index (χ4n) is 1.42. The zero-order valence-electron chi connectivity index (χ0n) is 8.15. The number of unbranched alkanes of at least 4 members (excludes halogenated alkanes) is 1. The van der Waals surface area contributed by atoms with Crippen LogP contribution in [-0.2, 0) is 12.6 Å². The maximum Gasteiger partial charge on any atom is 0.416 e. The second-order valence-corrected chi connectivity index (χ2v) is 4.38. The maximum atomic E-state index is 12.6. The van der Waals surface area contributed by atoms with Crippen molar-refractivity contribution in [2.75, 3.05) is 4.43 Å². The van der Waals surface area contributed by atoms with Crippen molar-refractivity contribution in [3.05, 3.63) is 35.4 Å². The van der Waals surface area contributed by atoms with Crippen molar-refractivity contribution in [3.8, 4) is 0 Å². The molecule has 0 aliphatic heterocycles. The molecule has 15 heavy (non-hydrogen) atoms. The van der Waals surface area contributed by atoms with Gasteiger partial charge in [-0.15, -0.1) is 0 Å². The Morgan fingerprint density at radius 1 is 1.07 bits per heavy atom. The molecule has 4 heteroatoms. The second kappa shape index (κ2) is 5.72. The van der Waals surface area contributed by atoms with Crippen LogP contribution in [-0.4, -0.2) is 4.43 Å². The van der Waals surface area contributed by atoms with Crippen LogP contribution >= 0.6 is 22.6 Å². The Morgan fingerprint density at radius 2 is 1.73 bits per heavy atom. The first-order valence-electron chi connectivity index (χ1n) is 4.77. The number of rotatable bonds is 4. The highest BCUT2D eigenvalue weighted by atomic mass is 127. The number of aryl methyl sites for hydroxylation is 1. The fourth-order valence-corrected chi connectivity index (χ4v) is 1.96. The molecule has 0 atom stereocenters. The van der Waals surface area contributed by atoms with Gasteiger partial charge in [-0.3, -0.25) is 0 Å². The Hall–Kier alpha value is -0.260. The largest absolute Gasteiger partial charge is 0.416 e. The molecule has 0 bridgehead atoms. The minimum absolute atomic E-state index is 0.412. The number of hydrogen-bond donors (Lipinski definition) is 0. The van der Waals surface area contributed by atoms with E-state index >= 15 is 0 Å². The maximum absolute atomic E-state index is 12.6. The molecule has 0 aliphatic carbocycles. The molecule has 0 saturated heterocycles. The lowest BCUT2D eigenvalue weighted by atomic mass is 10.0. The first-order valence-corrected chi connectivity index (χ1v) is 6.29. The predicted octanol–water partition coefficient (Wildman–Crippen LogP) is 4.46. The molecule has 0 heterocycles. The third-order valence-corrected chi connectivity index (χ3v) is 2.92. The lowest BCUT2D eigenvalue weighted by Gasteiger charge is -2.11. The van der Waals surface area contributed by atoms with Crippen LogP contribution in [0.1, 0.15) is 24.0 Å². The average Bonchev–Trinajstić information content (AvgIpc) is 2.17. The molecule has 0 unspecified atom stereocenters. The first kappa shape index (κ1) is 12.8. The summed E-state index contributed by atoms with van der Waals surface area (Å²) in [4.78, 5) is 0. The van der Waals surface area contributed by atoms with E-state index < -0.39 is 11.7 Å². The Balaban J connectivity index is 2.78. The van der Waals surface area contributed by atoms with E-state index in [0.29, 0.717) is 12.0 Å². The Labute approximate surface area is 101 Å². The molecule has 0 aromatic heterocycles. The van der Waals surface area contributed by atoms with E-state index in [1.165, 1.54) is 6.07 Å². The molecule has 84 valence electrons. The summed E-state index contributed by atoms with van der Waals surface area (Å²) in [7, 11) is 0. The summed E-state index contributed by atoms with van der Waals surface area (Å²) in [6.45, 7) is 0. The zero-order valence-corrected chi connectivity index (χ0v) is 10.3. The van der Waals surface area contributed by atoms with E-state index in [2.05, 4.69) is 22.6 Å². The van der Waals surface area contributed by atoms with Gasteiger partial charge >= 0.3 is 6.18 Å². The summed E-state index contributed by atoms with van der Waals surface area (Å²) < 4.78 is 38.7. The fraction of sp³-hybridized carbons (Fsp3) is 0.455. The Kier molecular flexibility index (Phi) is 4.89. The molecule has 0 spiro atoms. The van der Waals surface area contributed by atoms with Crippen molar-refractivity contribution in [1.29, 1.82) is 0 Å². The summed E-state index contributed by atoms with van der Waals surface area (Å²) in [5.74, 6) is 0. The molecule has 0 N–H and O–H groups in total. The molecule has 0 amide bonds. The standard InChI is InChI=1S/C11H12F3I/c12-11(13,14)10-7-2-1-5-9(10)6-3-4-8-15/h1-2,5,7H,3-4,6,8H2. The highest BCUT2D eigenvalue weighted by Crippen LogP contribution is 2.32. The van der Waals surface area contributed by atoms with Gasteiger partial charge in [0, 0.05) is 0 Å². The highest BCUT2D eigenvalue weighted by Gasteiger charge is 2.32. The zero-order chi connectivity index (χ0) is 11.3. The molecular weight excluding hydrogens is 316 g/mol. The lowest BCUT2D eigenvalue weighted by molar-refractivity contribution is -0.138. The van der Waals surface area contributed by atoms with Crippen molar-refractivity contribution >= 4 is 22.6 Å². The summed E-state index contributed by atoms with van der Waals surface area (Å²) in [6.07, 6.45) is -1.93. The van der Waals surface area contributed by atoms with E-state index in [0.717, 1.165) is 23.3 Å². The second-order valence-electron chi connectivity index (χ2n) is 3.30. The van der Waals surface area contributed by atoms with Gasteiger partial charge in [0.2, 0.25) is 0 Å². The van der Waals surface area contributed by atoms with Crippen LogP contribution in [0.15, 0.2) is 24.3 Å². The number of alkyl halides is 4. The van der Waals surface area contributed by atoms with Crippen molar-refractivity contribution in [2.24, 2.45) is 0 Å². The molecule has 1 aromatic rings. The van der Waals surface area contributed by atoms with Crippen LogP contribution < -0.4 is 0 Å². The minimum Gasteiger partial charge on any atom is -0.166 e. The molecule has 1 rings (SSSR count). The van der Waals surface area contributed by atoms with Crippen LogP contribution in [0.2, 0.25) is 0 Å². The Bertz CT molecular complexity index is 307. The Morgan fingerprint density at radius 3 is 2.33 bits per heavy atom. The van der Waals surface area contributed by atoms with Crippen molar-refractivity contribution in [3.63, 3.8) is 0 Å². The van der Waals surface area contributed by atoms with Crippen molar-refractivity contribution < 1.29 is 13.2 Å². The summed E-state index contributed by atoms with van der Waals surface area (Å²) >= 11 is 2.23. The third-order valence-electron chi connectivity index (χ3n) is 2.15. The van der Waals surface area contributed by atoms with Gasteiger partial charge in [-0.1, -0.05) is 40.8 Å². The van der Waals surface area contributed by atoms with Crippen LogP contribution in [0.4, 0.5) is 13.2 Å². The minimum atomic E-state index is -4.22. The molecule has 0 saturated carbocycles. The van der Waals surface area contributed by atoms with Crippen molar-refractivity contribution in [1.82, 2.24) is 0 Å². The topological polar surface area (TPSA) is 0 Å². The van der Waals surface area contributed by atoms with Crippen molar-refractivity contribution in [2.45, 2.75) is 25.4 Å². The van der Waals surface area contributed by atoms with Crippen LogP contribution in [0.25, 0.3) is 0 Å². The monoisotopic (exact) mass is 328 g/mol. The van der Waals surface area contributed by atoms with Gasteiger partial charge in [-0.05, 0) is 35.3 Å². The summed E-state index contributed by atoms with van der Waals surface area (Å²) in [6, 6.07) is 5.81. The van der Waals surface area contributed by atoms with Crippen LogP contribution in [0, 0.1) is 0 Å². The van der Waals surface area contributed by atoms with E-state index in [9.17, 15) is 13.2 Å². The lowest BCUT2D eigenvalue weighted by Crippen LogP contribution is -2.08. The van der Waals surface area contributed by atoms with E-state index in [1.807, 2.05) is 0 Å². The molecule has 1 aromatic carbocycles. The number of halogens is 4. The molecule has 0 aliphatic rings. The van der Waals surface area contributed by atoms with Gasteiger partial charge in [-0.2, -0.15) is 13.2 Å². The molecule has 0 fully saturated rings. The van der Waals surface area contributed by atoms with Gasteiger partial charge in [-0.25, -0.2) is 0 Å². The van der Waals surface area contributed by atoms with Crippen LogP contribution in [0.5, 0.6) is 0 Å². The predicted molar refractivity (Wildman–Crippen MR) is 63.3 cm³/mol. The van der Waals surface area contributed by atoms with Crippen LogP contribution in [0.3, 0.4) is 0 Å². The normalized spacial score (nSPS) is 11.7. The van der Waals surface area contributed by atoms with E-state index in [4.69, 9.17) is 0 Å². The number of benzene rings is 1. The van der Waals surface area contributed by atoms with Gasteiger partial charge in [0.15, 0.2) is 0 Å². The van der Waals surface area contributed by atoms with Gasteiger partial charge < -0.3 is 0 Å². The first-order chi connectivity index (χ1) is 7.05. The summed E-state index contributed by atoms with van der Waals surface area (Å²) in [5.41, 5.74) is -0.0756. The molecular formula is C11H12F3I. The molecule has 0 nitrogen and oxygen atoms in total. The van der Waals surface area contributed by atoms with E-state index in [-0.39, 0.29) is 0 Å².